The van der Waals surface area contributed by atoms with Crippen LogP contribution in [0.5, 0.6) is 0 Å². The molecular formula is C18H21N3O4. The summed E-state index contributed by atoms with van der Waals surface area (Å²) in [6, 6.07) is 8.19. The number of amides is 3. The van der Waals surface area contributed by atoms with Crippen molar-refractivity contribution in [2.24, 2.45) is 0 Å². The fraction of sp³-hybridized carbons (Fsp3) is 0.333. The summed E-state index contributed by atoms with van der Waals surface area (Å²) in [6.45, 7) is 4.94. The number of carbonyl (C=O) groups is 3. The normalized spacial score (nSPS) is 11.8. The van der Waals surface area contributed by atoms with E-state index < -0.39 is 24.5 Å². The van der Waals surface area contributed by atoms with Crippen LogP contribution in [0.4, 0.5) is 4.79 Å². The van der Waals surface area contributed by atoms with Crippen LogP contribution in [0.2, 0.25) is 0 Å². The molecule has 0 unspecified atom stereocenters. The molecule has 0 saturated heterocycles. The van der Waals surface area contributed by atoms with E-state index in [1.807, 2.05) is 31.3 Å². The van der Waals surface area contributed by atoms with E-state index >= 15 is 0 Å². The molecule has 1 atom stereocenters. The van der Waals surface area contributed by atoms with Gasteiger partial charge in [-0.25, -0.2) is 9.59 Å². The molecule has 1 aromatic carbocycles. The average Bonchev–Trinajstić information content (AvgIpc) is 2.58. The molecule has 132 valence electrons. The molecule has 0 heterocycles. The first-order chi connectivity index (χ1) is 11.8. The molecule has 0 aromatic heterocycles. The average molecular weight is 343 g/mol. The van der Waals surface area contributed by atoms with Gasteiger partial charge >= 0.3 is 12.0 Å². The zero-order valence-electron chi connectivity index (χ0n) is 14.5. The summed E-state index contributed by atoms with van der Waals surface area (Å²) < 4.78 is 4.76. The number of carbonyl (C=O) groups excluding carboxylic acids is 3. The van der Waals surface area contributed by atoms with Gasteiger partial charge in [-0.15, -0.1) is 0 Å². The Bertz CT molecular complexity index is 702. The number of nitriles is 1. The van der Waals surface area contributed by atoms with E-state index in [1.54, 1.807) is 25.1 Å². The topological polar surface area (TPSA) is 108 Å². The van der Waals surface area contributed by atoms with E-state index in [9.17, 15) is 14.4 Å². The second kappa shape index (κ2) is 9.88. The molecule has 7 heteroatoms. The number of imide groups is 1. The lowest BCUT2D eigenvalue weighted by Crippen LogP contribution is -2.44. The molecular weight excluding hydrogens is 322 g/mol. The number of ether oxygens (including phenoxy) is 1. The van der Waals surface area contributed by atoms with E-state index in [1.165, 1.54) is 6.08 Å². The van der Waals surface area contributed by atoms with Crippen molar-refractivity contribution in [3.05, 3.63) is 41.0 Å². The van der Waals surface area contributed by atoms with Crippen molar-refractivity contribution in [1.29, 1.82) is 5.26 Å². The lowest BCUT2D eigenvalue weighted by atomic mass is 10.1. The minimum absolute atomic E-state index is 0.0852. The number of benzene rings is 1. The molecule has 0 radical (unpaired) electrons. The van der Waals surface area contributed by atoms with E-state index in [2.05, 4.69) is 5.32 Å². The third-order valence-corrected chi connectivity index (χ3v) is 3.31. The Hall–Kier alpha value is -3.14. The molecule has 7 nitrogen and oxygen atoms in total. The highest BCUT2D eigenvalue weighted by molar-refractivity contribution is 6.00. The molecule has 2 N–H and O–H groups in total. The summed E-state index contributed by atoms with van der Waals surface area (Å²) in [6.07, 6.45) is 2.08. The highest BCUT2D eigenvalue weighted by Crippen LogP contribution is 2.09. The molecule has 1 rings (SSSR count). The summed E-state index contributed by atoms with van der Waals surface area (Å²) in [5.74, 6) is -1.71. The van der Waals surface area contributed by atoms with Crippen LogP contribution < -0.4 is 10.6 Å². The third kappa shape index (κ3) is 7.31. The van der Waals surface area contributed by atoms with Crippen LogP contribution in [0.15, 0.2) is 29.8 Å². The molecule has 1 aromatic rings. The van der Waals surface area contributed by atoms with Gasteiger partial charge in [-0.05, 0) is 31.9 Å². The Morgan fingerprint density at radius 2 is 1.92 bits per heavy atom. The fourth-order valence-electron chi connectivity index (χ4n) is 1.70. The molecule has 0 fully saturated rings. The first-order valence-corrected chi connectivity index (χ1v) is 7.81. The second-order valence-corrected chi connectivity index (χ2v) is 5.49. The van der Waals surface area contributed by atoms with Gasteiger partial charge in [0.15, 0.2) is 6.61 Å². The molecule has 0 aliphatic heterocycles. The van der Waals surface area contributed by atoms with E-state index in [4.69, 9.17) is 10.00 Å². The third-order valence-electron chi connectivity index (χ3n) is 3.31. The van der Waals surface area contributed by atoms with Gasteiger partial charge in [0.2, 0.25) is 0 Å². The minimum atomic E-state index is -0.930. The lowest BCUT2D eigenvalue weighted by Gasteiger charge is -2.11. The van der Waals surface area contributed by atoms with Crippen molar-refractivity contribution in [3.8, 4) is 6.07 Å². The second-order valence-electron chi connectivity index (χ2n) is 5.49. The number of aryl methyl sites for hydroxylation is 1. The van der Waals surface area contributed by atoms with Crippen LogP contribution in [0.3, 0.4) is 0 Å². The molecule has 25 heavy (non-hydrogen) atoms. The number of nitrogens with zero attached hydrogens (tertiary/aromatic N) is 1. The predicted molar refractivity (Wildman–Crippen MR) is 92.2 cm³/mol. The Kier molecular flexibility index (Phi) is 7.87. The standard InChI is InChI=1S/C18H21N3O4/c1-4-13(3)20-18(24)21-16(22)11-25-17(23)15(10-19)9-14-7-5-12(2)6-8-14/h5-9,13H,4,11H2,1-3H3,(H2,20,21,22,24)/b15-9+/t13-/m1/s1. The Balaban J connectivity index is 2.56. The van der Waals surface area contributed by atoms with Crippen LogP contribution in [0.1, 0.15) is 31.4 Å². The van der Waals surface area contributed by atoms with Crippen LogP contribution >= 0.6 is 0 Å². The quantitative estimate of drug-likeness (QED) is 0.467. The van der Waals surface area contributed by atoms with Crippen molar-refractivity contribution in [2.75, 3.05) is 6.61 Å². The number of nitrogens with one attached hydrogen (secondary N) is 2. The number of rotatable bonds is 6. The Morgan fingerprint density at radius 1 is 1.28 bits per heavy atom. The van der Waals surface area contributed by atoms with E-state index in [0.29, 0.717) is 12.0 Å². The SMILES string of the molecule is CC[C@@H](C)NC(=O)NC(=O)COC(=O)/C(C#N)=C/c1ccc(C)cc1. The number of urea groups is 1. The zero-order valence-corrected chi connectivity index (χ0v) is 14.5. The highest BCUT2D eigenvalue weighted by Gasteiger charge is 2.15. The molecule has 0 bridgehead atoms. The van der Waals surface area contributed by atoms with Gasteiger partial charge in [-0.2, -0.15) is 5.26 Å². The van der Waals surface area contributed by atoms with Crippen LogP contribution in [0.25, 0.3) is 6.08 Å². The van der Waals surface area contributed by atoms with Crippen molar-refractivity contribution < 1.29 is 19.1 Å². The molecule has 0 spiro atoms. The van der Waals surface area contributed by atoms with Crippen molar-refractivity contribution in [2.45, 2.75) is 33.2 Å². The van der Waals surface area contributed by atoms with Crippen LogP contribution in [-0.2, 0) is 14.3 Å². The van der Waals surface area contributed by atoms with Gasteiger partial charge in [0.25, 0.3) is 5.91 Å². The minimum Gasteiger partial charge on any atom is -0.451 e. The maximum absolute atomic E-state index is 11.9. The van der Waals surface area contributed by atoms with E-state index in [-0.39, 0.29) is 11.6 Å². The van der Waals surface area contributed by atoms with E-state index in [0.717, 1.165) is 5.56 Å². The first kappa shape index (κ1) is 19.9. The Morgan fingerprint density at radius 3 is 2.48 bits per heavy atom. The first-order valence-electron chi connectivity index (χ1n) is 7.81. The summed E-state index contributed by atoms with van der Waals surface area (Å²) in [5, 5.41) is 13.7. The lowest BCUT2D eigenvalue weighted by molar-refractivity contribution is -0.144. The summed E-state index contributed by atoms with van der Waals surface area (Å²) >= 11 is 0. The highest BCUT2D eigenvalue weighted by atomic mass is 16.5. The number of hydrogen-bond acceptors (Lipinski definition) is 5. The largest absolute Gasteiger partial charge is 0.451 e. The summed E-state index contributed by atoms with van der Waals surface area (Å²) in [7, 11) is 0. The number of hydrogen-bond donors (Lipinski definition) is 2. The molecule has 0 aliphatic rings. The molecule has 0 saturated carbocycles. The molecule has 3 amide bonds. The van der Waals surface area contributed by atoms with Crippen LogP contribution in [0, 0.1) is 18.3 Å². The van der Waals surface area contributed by atoms with Gasteiger partial charge in [-0.3, -0.25) is 10.1 Å². The van der Waals surface area contributed by atoms with Crippen molar-refractivity contribution >= 4 is 24.0 Å². The Labute approximate surface area is 146 Å². The van der Waals surface area contributed by atoms with Crippen molar-refractivity contribution in [3.63, 3.8) is 0 Å². The monoisotopic (exact) mass is 343 g/mol. The summed E-state index contributed by atoms with van der Waals surface area (Å²) in [5.41, 5.74) is 1.47. The van der Waals surface area contributed by atoms with Gasteiger partial charge < -0.3 is 10.1 Å². The zero-order chi connectivity index (χ0) is 18.8. The summed E-state index contributed by atoms with van der Waals surface area (Å²) in [4.78, 5) is 34.9. The predicted octanol–water partition coefficient (Wildman–Crippen LogP) is 2.07. The smallest absolute Gasteiger partial charge is 0.349 e. The molecule has 0 aliphatic carbocycles. The van der Waals surface area contributed by atoms with Gasteiger partial charge in [-0.1, -0.05) is 36.8 Å². The van der Waals surface area contributed by atoms with Gasteiger partial charge in [0, 0.05) is 6.04 Å². The number of esters is 1. The van der Waals surface area contributed by atoms with Crippen LogP contribution in [-0.4, -0.2) is 30.6 Å². The maximum atomic E-state index is 11.9. The fourth-order valence-corrected chi connectivity index (χ4v) is 1.70. The maximum Gasteiger partial charge on any atom is 0.349 e. The van der Waals surface area contributed by atoms with Crippen molar-refractivity contribution in [1.82, 2.24) is 10.6 Å². The van der Waals surface area contributed by atoms with Gasteiger partial charge in [0.1, 0.15) is 11.6 Å². The van der Waals surface area contributed by atoms with Gasteiger partial charge in [0.05, 0.1) is 0 Å².